The van der Waals surface area contributed by atoms with Crippen molar-refractivity contribution in [1.82, 2.24) is 9.88 Å². The van der Waals surface area contributed by atoms with Gasteiger partial charge in [0, 0.05) is 18.8 Å². The van der Waals surface area contributed by atoms with E-state index in [1.165, 1.54) is 0 Å². The first-order valence-corrected chi connectivity index (χ1v) is 7.63. The second-order valence-electron chi connectivity index (χ2n) is 5.08. The number of H-pyrrole nitrogens is 1. The summed E-state index contributed by atoms with van der Waals surface area (Å²) < 4.78 is 5.05. The molecule has 0 aliphatic rings. The van der Waals surface area contributed by atoms with Gasteiger partial charge in [-0.25, -0.2) is 4.79 Å². The summed E-state index contributed by atoms with van der Waals surface area (Å²) >= 11 is 0. The zero-order chi connectivity index (χ0) is 16.0. The molecule has 0 aliphatic heterocycles. The molecule has 5 heteroatoms. The summed E-state index contributed by atoms with van der Waals surface area (Å²) in [6.45, 7) is 11.1. The molecule has 1 N–H and O–H groups in total. The molecule has 0 bridgehead atoms. The average molecular weight is 294 g/mol. The van der Waals surface area contributed by atoms with E-state index in [-0.39, 0.29) is 11.9 Å². The molecule has 0 saturated heterocycles. The lowest BCUT2D eigenvalue weighted by Gasteiger charge is -2.20. The first kappa shape index (κ1) is 17.3. The van der Waals surface area contributed by atoms with Gasteiger partial charge in [-0.3, -0.25) is 4.79 Å². The van der Waals surface area contributed by atoms with E-state index in [0.717, 1.165) is 19.4 Å². The molecule has 0 aromatic carbocycles. The molecule has 0 aliphatic carbocycles. The number of nitrogens with one attached hydrogen (secondary N) is 1. The quantitative estimate of drug-likeness (QED) is 0.786. The number of carbonyl (C=O) groups excluding carboxylic acids is 2. The normalized spacial score (nSPS) is 10.5. The Labute approximate surface area is 126 Å². The molecule has 118 valence electrons. The van der Waals surface area contributed by atoms with Crippen LogP contribution in [0.1, 0.15) is 65.7 Å². The third kappa shape index (κ3) is 3.86. The number of amides is 1. The van der Waals surface area contributed by atoms with Crippen LogP contribution in [0, 0.1) is 13.8 Å². The summed E-state index contributed by atoms with van der Waals surface area (Å²) in [7, 11) is 0. The Bertz CT molecular complexity index is 506. The topological polar surface area (TPSA) is 62.4 Å². The molecule has 0 spiro atoms. The van der Waals surface area contributed by atoms with Crippen molar-refractivity contribution >= 4 is 11.9 Å². The Hall–Kier alpha value is -1.78. The van der Waals surface area contributed by atoms with E-state index >= 15 is 0 Å². The van der Waals surface area contributed by atoms with Crippen molar-refractivity contribution in [1.29, 1.82) is 0 Å². The van der Waals surface area contributed by atoms with Gasteiger partial charge in [0.2, 0.25) is 0 Å². The molecule has 1 amide bonds. The van der Waals surface area contributed by atoms with Gasteiger partial charge < -0.3 is 14.6 Å². The van der Waals surface area contributed by atoms with Crippen LogP contribution in [-0.2, 0) is 4.74 Å². The number of hydrogen-bond donors (Lipinski definition) is 1. The van der Waals surface area contributed by atoms with Gasteiger partial charge in [-0.1, -0.05) is 13.3 Å². The number of hydrogen-bond acceptors (Lipinski definition) is 3. The van der Waals surface area contributed by atoms with Gasteiger partial charge in [0.15, 0.2) is 0 Å². The van der Waals surface area contributed by atoms with Gasteiger partial charge in [0.1, 0.15) is 5.69 Å². The molecule has 0 unspecified atom stereocenters. The molecule has 21 heavy (non-hydrogen) atoms. The maximum Gasteiger partial charge on any atom is 0.340 e. The number of esters is 1. The number of aromatic amines is 1. The summed E-state index contributed by atoms with van der Waals surface area (Å²) in [4.78, 5) is 29.4. The molecular formula is C16H26N2O3. The lowest BCUT2D eigenvalue weighted by Crippen LogP contribution is -2.32. The number of aryl methyl sites for hydroxylation is 1. The van der Waals surface area contributed by atoms with Crippen LogP contribution < -0.4 is 0 Å². The third-order valence-corrected chi connectivity index (χ3v) is 3.58. The van der Waals surface area contributed by atoms with E-state index in [2.05, 4.69) is 11.9 Å². The van der Waals surface area contributed by atoms with Crippen LogP contribution in [0.5, 0.6) is 0 Å². The smallest absolute Gasteiger partial charge is 0.340 e. The Morgan fingerprint density at radius 1 is 1.19 bits per heavy atom. The minimum atomic E-state index is -0.376. The number of ether oxygens (including phenoxy) is 1. The minimum Gasteiger partial charge on any atom is -0.462 e. The number of rotatable bonds is 7. The summed E-state index contributed by atoms with van der Waals surface area (Å²) in [5, 5.41) is 0. The summed E-state index contributed by atoms with van der Waals surface area (Å²) in [6, 6.07) is 0. The second kappa shape index (κ2) is 7.86. The van der Waals surface area contributed by atoms with Gasteiger partial charge in [-0.15, -0.1) is 0 Å². The van der Waals surface area contributed by atoms with E-state index in [0.29, 0.717) is 35.7 Å². The second-order valence-corrected chi connectivity index (χ2v) is 5.08. The fraction of sp³-hybridized carbons (Fsp3) is 0.625. The van der Waals surface area contributed by atoms with Crippen LogP contribution in [0.15, 0.2) is 0 Å². The predicted molar refractivity (Wildman–Crippen MR) is 82.7 cm³/mol. The molecular weight excluding hydrogens is 268 g/mol. The SMILES string of the molecule is CCCCN(CC)C(=O)c1[nH]c(C)c(C(=O)OCC)c1C. The summed E-state index contributed by atoms with van der Waals surface area (Å²) in [5.74, 6) is -0.429. The molecule has 0 atom stereocenters. The fourth-order valence-corrected chi connectivity index (χ4v) is 2.38. The molecule has 0 radical (unpaired) electrons. The van der Waals surface area contributed by atoms with Gasteiger partial charge in [0.05, 0.1) is 12.2 Å². The number of aromatic nitrogens is 1. The summed E-state index contributed by atoms with van der Waals surface area (Å²) in [6.07, 6.45) is 2.02. The zero-order valence-corrected chi connectivity index (χ0v) is 13.7. The lowest BCUT2D eigenvalue weighted by molar-refractivity contribution is 0.0525. The van der Waals surface area contributed by atoms with Crippen LogP contribution in [0.2, 0.25) is 0 Å². The van der Waals surface area contributed by atoms with Gasteiger partial charge >= 0.3 is 5.97 Å². The van der Waals surface area contributed by atoms with Crippen molar-refractivity contribution in [3.8, 4) is 0 Å². The average Bonchev–Trinajstić information content (AvgIpc) is 2.74. The molecule has 1 aromatic rings. The molecule has 0 saturated carbocycles. The standard InChI is InChI=1S/C16H26N2O3/c1-6-9-10-18(7-2)15(19)14-11(4)13(12(5)17-14)16(20)21-8-3/h17H,6-10H2,1-5H3. The monoisotopic (exact) mass is 294 g/mol. The predicted octanol–water partition coefficient (Wildman–Crippen LogP) is 3.07. The van der Waals surface area contributed by atoms with Gasteiger partial charge in [-0.2, -0.15) is 0 Å². The van der Waals surface area contributed by atoms with Crippen LogP contribution in [-0.4, -0.2) is 41.5 Å². The first-order chi connectivity index (χ1) is 9.97. The number of carbonyl (C=O) groups is 2. The Balaban J connectivity index is 3.05. The number of nitrogens with zero attached hydrogens (tertiary/aromatic N) is 1. The maximum absolute atomic E-state index is 12.6. The van der Waals surface area contributed by atoms with Crippen molar-refractivity contribution in [3.63, 3.8) is 0 Å². The highest BCUT2D eigenvalue weighted by molar-refractivity contribution is 6.00. The van der Waals surface area contributed by atoms with Gasteiger partial charge in [0.25, 0.3) is 5.91 Å². The van der Waals surface area contributed by atoms with Crippen molar-refractivity contribution in [2.75, 3.05) is 19.7 Å². The van der Waals surface area contributed by atoms with Crippen LogP contribution >= 0.6 is 0 Å². The molecule has 0 fully saturated rings. The van der Waals surface area contributed by atoms with Crippen molar-refractivity contribution in [2.45, 2.75) is 47.5 Å². The first-order valence-electron chi connectivity index (χ1n) is 7.63. The maximum atomic E-state index is 12.6. The minimum absolute atomic E-state index is 0.0536. The van der Waals surface area contributed by atoms with Crippen LogP contribution in [0.25, 0.3) is 0 Å². The van der Waals surface area contributed by atoms with Crippen LogP contribution in [0.4, 0.5) is 0 Å². The highest BCUT2D eigenvalue weighted by Crippen LogP contribution is 2.20. The van der Waals surface area contributed by atoms with Gasteiger partial charge in [-0.05, 0) is 39.7 Å². The lowest BCUT2D eigenvalue weighted by atomic mass is 10.1. The van der Waals surface area contributed by atoms with E-state index in [1.807, 2.05) is 6.92 Å². The van der Waals surface area contributed by atoms with Crippen molar-refractivity contribution < 1.29 is 14.3 Å². The fourth-order valence-electron chi connectivity index (χ4n) is 2.38. The highest BCUT2D eigenvalue weighted by atomic mass is 16.5. The molecule has 1 rings (SSSR count). The molecule has 1 heterocycles. The van der Waals surface area contributed by atoms with Crippen molar-refractivity contribution in [2.24, 2.45) is 0 Å². The Morgan fingerprint density at radius 3 is 2.38 bits per heavy atom. The largest absolute Gasteiger partial charge is 0.462 e. The molecule has 1 aromatic heterocycles. The van der Waals surface area contributed by atoms with Crippen LogP contribution in [0.3, 0.4) is 0 Å². The van der Waals surface area contributed by atoms with E-state index in [4.69, 9.17) is 4.74 Å². The molecule has 5 nitrogen and oxygen atoms in total. The van der Waals surface area contributed by atoms with E-state index in [9.17, 15) is 9.59 Å². The highest BCUT2D eigenvalue weighted by Gasteiger charge is 2.25. The van der Waals surface area contributed by atoms with E-state index in [1.54, 1.807) is 25.7 Å². The Kier molecular flexibility index (Phi) is 6.46. The van der Waals surface area contributed by atoms with E-state index < -0.39 is 0 Å². The third-order valence-electron chi connectivity index (χ3n) is 3.58. The number of unbranched alkanes of at least 4 members (excludes halogenated alkanes) is 1. The van der Waals surface area contributed by atoms with Crippen molar-refractivity contribution in [3.05, 3.63) is 22.5 Å². The summed E-state index contributed by atoms with van der Waals surface area (Å²) in [5.41, 5.74) is 2.33. The Morgan fingerprint density at radius 2 is 1.86 bits per heavy atom. The zero-order valence-electron chi connectivity index (χ0n) is 13.7.